The van der Waals surface area contributed by atoms with Crippen molar-refractivity contribution in [3.63, 3.8) is 0 Å². The second-order valence-corrected chi connectivity index (χ2v) is 5.05. The van der Waals surface area contributed by atoms with Gasteiger partial charge in [-0.1, -0.05) is 23.2 Å². The molecule has 2 N–H and O–H groups in total. The number of carbonyl (C=O) groups is 1. The lowest BCUT2D eigenvalue weighted by Gasteiger charge is -2.09. The predicted molar refractivity (Wildman–Crippen MR) is 75.9 cm³/mol. The maximum atomic E-state index is 11.5. The molecule has 0 aliphatic heterocycles. The van der Waals surface area contributed by atoms with E-state index in [2.05, 4.69) is 5.32 Å². The van der Waals surface area contributed by atoms with Gasteiger partial charge in [0.1, 0.15) is 5.75 Å². The summed E-state index contributed by atoms with van der Waals surface area (Å²) in [6, 6.07) is 4.82. The van der Waals surface area contributed by atoms with Gasteiger partial charge in [0.05, 0.1) is 11.1 Å². The standard InChI is InChI=1S/C13H17Cl2NO3/c1-9(17)3-2-6-16-13(18)8-19-12-7-10(14)4-5-11(12)15/h4-5,7,9,17H,2-3,6,8H2,1H3,(H,16,18). The summed E-state index contributed by atoms with van der Waals surface area (Å²) >= 11 is 11.7. The molecule has 0 aliphatic carbocycles. The van der Waals surface area contributed by atoms with E-state index in [0.29, 0.717) is 28.8 Å². The van der Waals surface area contributed by atoms with Crippen LogP contribution in [-0.2, 0) is 4.79 Å². The van der Waals surface area contributed by atoms with Crippen LogP contribution < -0.4 is 10.1 Å². The molecule has 0 saturated carbocycles. The van der Waals surface area contributed by atoms with Gasteiger partial charge in [-0.05, 0) is 31.9 Å². The molecule has 1 atom stereocenters. The Balaban J connectivity index is 2.28. The highest BCUT2D eigenvalue weighted by atomic mass is 35.5. The van der Waals surface area contributed by atoms with Gasteiger partial charge < -0.3 is 15.2 Å². The van der Waals surface area contributed by atoms with Gasteiger partial charge in [-0.25, -0.2) is 0 Å². The molecule has 1 aromatic carbocycles. The van der Waals surface area contributed by atoms with Crippen LogP contribution >= 0.6 is 23.2 Å². The number of hydrogen-bond donors (Lipinski definition) is 2. The van der Waals surface area contributed by atoms with Crippen LogP contribution in [0.15, 0.2) is 18.2 Å². The number of amides is 1. The van der Waals surface area contributed by atoms with Gasteiger partial charge in [-0.2, -0.15) is 0 Å². The van der Waals surface area contributed by atoms with E-state index in [-0.39, 0.29) is 18.6 Å². The third kappa shape index (κ3) is 6.66. The summed E-state index contributed by atoms with van der Waals surface area (Å²) in [7, 11) is 0. The maximum absolute atomic E-state index is 11.5. The number of benzene rings is 1. The number of aliphatic hydroxyl groups excluding tert-OH is 1. The summed E-state index contributed by atoms with van der Waals surface area (Å²) in [6.07, 6.45) is 1.03. The Morgan fingerprint density at radius 1 is 1.47 bits per heavy atom. The molecule has 6 heteroatoms. The monoisotopic (exact) mass is 305 g/mol. The van der Waals surface area contributed by atoms with Crippen molar-refractivity contribution in [1.29, 1.82) is 0 Å². The van der Waals surface area contributed by atoms with Crippen molar-refractivity contribution in [2.75, 3.05) is 13.2 Å². The van der Waals surface area contributed by atoms with Gasteiger partial charge in [-0.3, -0.25) is 4.79 Å². The minimum atomic E-state index is -0.349. The molecule has 0 bridgehead atoms. The average molecular weight is 306 g/mol. The van der Waals surface area contributed by atoms with Crippen LogP contribution in [0.1, 0.15) is 19.8 Å². The Bertz CT molecular complexity index is 424. The number of hydrogen-bond acceptors (Lipinski definition) is 3. The number of ether oxygens (including phenoxy) is 1. The van der Waals surface area contributed by atoms with E-state index in [9.17, 15) is 4.79 Å². The zero-order valence-corrected chi connectivity index (χ0v) is 12.2. The van der Waals surface area contributed by atoms with E-state index >= 15 is 0 Å². The molecule has 0 heterocycles. The van der Waals surface area contributed by atoms with Crippen molar-refractivity contribution >= 4 is 29.1 Å². The van der Waals surface area contributed by atoms with Gasteiger partial charge in [-0.15, -0.1) is 0 Å². The summed E-state index contributed by atoms with van der Waals surface area (Å²) in [5.74, 6) is 0.148. The van der Waals surface area contributed by atoms with E-state index in [0.717, 1.165) is 6.42 Å². The Labute approximate surface area is 122 Å². The van der Waals surface area contributed by atoms with Crippen molar-refractivity contribution in [3.8, 4) is 5.75 Å². The molecular weight excluding hydrogens is 289 g/mol. The van der Waals surface area contributed by atoms with Crippen LogP contribution in [-0.4, -0.2) is 30.3 Å². The lowest BCUT2D eigenvalue weighted by molar-refractivity contribution is -0.123. The summed E-state index contributed by atoms with van der Waals surface area (Å²) in [5.41, 5.74) is 0. The first kappa shape index (κ1) is 16.1. The Hall–Kier alpha value is -0.970. The molecule has 106 valence electrons. The molecule has 1 rings (SSSR count). The fourth-order valence-electron chi connectivity index (χ4n) is 1.41. The van der Waals surface area contributed by atoms with Crippen molar-refractivity contribution < 1.29 is 14.6 Å². The van der Waals surface area contributed by atoms with Crippen LogP contribution in [0.4, 0.5) is 0 Å². The summed E-state index contributed by atoms with van der Waals surface area (Å²) in [4.78, 5) is 11.5. The topological polar surface area (TPSA) is 58.6 Å². The molecule has 0 fully saturated rings. The Morgan fingerprint density at radius 3 is 2.89 bits per heavy atom. The molecule has 4 nitrogen and oxygen atoms in total. The zero-order chi connectivity index (χ0) is 14.3. The predicted octanol–water partition coefficient (Wildman–Crippen LogP) is 2.65. The average Bonchev–Trinajstić information content (AvgIpc) is 2.35. The Morgan fingerprint density at radius 2 is 2.21 bits per heavy atom. The number of nitrogens with one attached hydrogen (secondary N) is 1. The lowest BCUT2D eigenvalue weighted by atomic mass is 10.2. The van der Waals surface area contributed by atoms with E-state index in [4.69, 9.17) is 33.0 Å². The molecule has 1 aromatic rings. The van der Waals surface area contributed by atoms with E-state index in [1.807, 2.05) is 0 Å². The fourth-order valence-corrected chi connectivity index (χ4v) is 1.74. The van der Waals surface area contributed by atoms with Crippen LogP contribution in [0.3, 0.4) is 0 Å². The molecule has 1 unspecified atom stereocenters. The highest BCUT2D eigenvalue weighted by Gasteiger charge is 2.06. The summed E-state index contributed by atoms with van der Waals surface area (Å²) in [5, 5.41) is 12.7. The van der Waals surface area contributed by atoms with Crippen LogP contribution in [0.25, 0.3) is 0 Å². The molecule has 19 heavy (non-hydrogen) atoms. The molecule has 0 aliphatic rings. The minimum absolute atomic E-state index is 0.116. The maximum Gasteiger partial charge on any atom is 0.257 e. The lowest BCUT2D eigenvalue weighted by Crippen LogP contribution is -2.30. The second kappa shape index (κ2) is 8.25. The SMILES string of the molecule is CC(O)CCCNC(=O)COc1cc(Cl)ccc1Cl. The first-order chi connectivity index (χ1) is 8.99. The number of aliphatic hydroxyl groups is 1. The Kier molecular flexibility index (Phi) is 6.99. The summed E-state index contributed by atoms with van der Waals surface area (Å²) < 4.78 is 5.28. The molecule has 0 radical (unpaired) electrons. The van der Waals surface area contributed by atoms with E-state index in [1.165, 1.54) is 0 Å². The molecular formula is C13H17Cl2NO3. The zero-order valence-electron chi connectivity index (χ0n) is 10.7. The van der Waals surface area contributed by atoms with Gasteiger partial charge in [0.15, 0.2) is 6.61 Å². The molecule has 0 spiro atoms. The van der Waals surface area contributed by atoms with Crippen molar-refractivity contribution in [2.24, 2.45) is 0 Å². The third-order valence-electron chi connectivity index (χ3n) is 2.37. The van der Waals surface area contributed by atoms with Gasteiger partial charge in [0.25, 0.3) is 5.91 Å². The van der Waals surface area contributed by atoms with Gasteiger partial charge in [0.2, 0.25) is 0 Å². The van der Waals surface area contributed by atoms with Crippen molar-refractivity contribution in [1.82, 2.24) is 5.32 Å². The summed E-state index contributed by atoms with van der Waals surface area (Å²) in [6.45, 7) is 2.11. The van der Waals surface area contributed by atoms with Crippen LogP contribution in [0.2, 0.25) is 10.0 Å². The van der Waals surface area contributed by atoms with Crippen LogP contribution in [0, 0.1) is 0 Å². The molecule has 0 saturated heterocycles. The van der Waals surface area contributed by atoms with Gasteiger partial charge in [0, 0.05) is 17.6 Å². The number of halogens is 2. The van der Waals surface area contributed by atoms with Crippen molar-refractivity contribution in [2.45, 2.75) is 25.9 Å². The van der Waals surface area contributed by atoms with Gasteiger partial charge >= 0.3 is 0 Å². The highest BCUT2D eigenvalue weighted by Crippen LogP contribution is 2.27. The first-order valence-corrected chi connectivity index (χ1v) is 6.77. The normalized spacial score (nSPS) is 12.0. The first-order valence-electron chi connectivity index (χ1n) is 6.01. The van der Waals surface area contributed by atoms with Crippen molar-refractivity contribution in [3.05, 3.63) is 28.2 Å². The van der Waals surface area contributed by atoms with E-state index in [1.54, 1.807) is 25.1 Å². The largest absolute Gasteiger partial charge is 0.482 e. The molecule has 1 amide bonds. The molecule has 0 aromatic heterocycles. The quantitative estimate of drug-likeness (QED) is 0.761. The highest BCUT2D eigenvalue weighted by molar-refractivity contribution is 6.34. The smallest absolute Gasteiger partial charge is 0.257 e. The number of carbonyl (C=O) groups excluding carboxylic acids is 1. The second-order valence-electron chi connectivity index (χ2n) is 4.20. The van der Waals surface area contributed by atoms with Crippen LogP contribution in [0.5, 0.6) is 5.75 Å². The van der Waals surface area contributed by atoms with E-state index < -0.39 is 0 Å². The fraction of sp³-hybridized carbons (Fsp3) is 0.462. The number of rotatable bonds is 7. The minimum Gasteiger partial charge on any atom is -0.482 e. The third-order valence-corrected chi connectivity index (χ3v) is 2.92.